The van der Waals surface area contributed by atoms with Crippen LogP contribution >= 0.6 is 0 Å². The lowest BCUT2D eigenvalue weighted by Crippen LogP contribution is -2.31. The Hall–Kier alpha value is -5.56. The van der Waals surface area contributed by atoms with Crippen molar-refractivity contribution in [3.8, 4) is 23.0 Å². The second-order valence-electron chi connectivity index (χ2n) is 12.0. The Labute approximate surface area is 272 Å². The SMILES string of the molecule is O=C(O)c1ccc2nc(Cc3cc(F)c(-c4cccc(OCc5ccc(-n6cnc(C7CC7)n6)nc5)n4)cc3F)n(C[C@@H]3CCO3)c2c1. The summed E-state index contributed by atoms with van der Waals surface area (Å²) in [5.74, 6) is 0.350. The van der Waals surface area contributed by atoms with E-state index in [1.54, 1.807) is 47.5 Å². The summed E-state index contributed by atoms with van der Waals surface area (Å²) >= 11 is 0. The summed E-state index contributed by atoms with van der Waals surface area (Å²) in [5.41, 5.74) is 2.40. The Morgan fingerprint density at radius 2 is 1.88 bits per heavy atom. The van der Waals surface area contributed by atoms with Gasteiger partial charge in [-0.3, -0.25) is 0 Å². The minimum Gasteiger partial charge on any atom is -0.478 e. The van der Waals surface area contributed by atoms with Gasteiger partial charge in [-0.15, -0.1) is 5.10 Å². The van der Waals surface area contributed by atoms with Crippen molar-refractivity contribution in [2.45, 2.75) is 50.9 Å². The van der Waals surface area contributed by atoms with E-state index >= 15 is 8.78 Å². The molecule has 0 amide bonds. The fourth-order valence-electron chi connectivity index (χ4n) is 5.72. The van der Waals surface area contributed by atoms with Crippen LogP contribution in [0.1, 0.15) is 58.3 Å². The van der Waals surface area contributed by atoms with Gasteiger partial charge in [0.05, 0.1) is 34.9 Å². The number of rotatable bonds is 11. The predicted octanol–water partition coefficient (Wildman–Crippen LogP) is 5.89. The third kappa shape index (κ3) is 5.99. The van der Waals surface area contributed by atoms with E-state index < -0.39 is 17.6 Å². The van der Waals surface area contributed by atoms with Crippen molar-refractivity contribution < 1.29 is 28.2 Å². The lowest BCUT2D eigenvalue weighted by Gasteiger charge is -2.27. The summed E-state index contributed by atoms with van der Waals surface area (Å²) in [6.45, 7) is 1.24. The molecular formula is C35H29F2N7O4. The summed E-state index contributed by atoms with van der Waals surface area (Å²) in [5, 5.41) is 14.0. The molecule has 2 fully saturated rings. The Morgan fingerprint density at radius 3 is 2.62 bits per heavy atom. The van der Waals surface area contributed by atoms with Crippen molar-refractivity contribution in [3.63, 3.8) is 0 Å². The average Bonchev–Trinajstić information content (AvgIpc) is 3.70. The average molecular weight is 650 g/mol. The van der Waals surface area contributed by atoms with Gasteiger partial charge in [0.2, 0.25) is 5.88 Å². The van der Waals surface area contributed by atoms with Crippen molar-refractivity contribution in [2.75, 3.05) is 6.61 Å². The summed E-state index contributed by atoms with van der Waals surface area (Å²) in [7, 11) is 0. The number of fused-ring (bicyclic) bond motifs is 1. The van der Waals surface area contributed by atoms with E-state index in [9.17, 15) is 9.90 Å². The zero-order valence-electron chi connectivity index (χ0n) is 25.6. The van der Waals surface area contributed by atoms with Crippen LogP contribution in [-0.4, -0.2) is 58.1 Å². The number of aromatic carboxylic acids is 1. The number of hydrogen-bond donors (Lipinski definition) is 1. The fourth-order valence-corrected chi connectivity index (χ4v) is 5.72. The van der Waals surface area contributed by atoms with E-state index in [1.807, 2.05) is 16.7 Å². The van der Waals surface area contributed by atoms with Crippen LogP contribution in [0.25, 0.3) is 28.1 Å². The Kier molecular flexibility index (Phi) is 7.60. The van der Waals surface area contributed by atoms with Gasteiger partial charge in [0.25, 0.3) is 0 Å². The van der Waals surface area contributed by atoms with E-state index in [1.165, 1.54) is 6.07 Å². The topological polar surface area (TPSA) is 130 Å². The zero-order valence-corrected chi connectivity index (χ0v) is 25.6. The van der Waals surface area contributed by atoms with E-state index in [0.717, 1.165) is 42.8 Å². The Bertz CT molecular complexity index is 2160. The number of benzene rings is 2. The zero-order chi connectivity index (χ0) is 32.8. The quantitative estimate of drug-likeness (QED) is 0.183. The molecule has 0 unspecified atom stereocenters. The molecule has 4 aromatic heterocycles. The molecule has 2 aromatic carbocycles. The Morgan fingerprint density at radius 1 is 1.00 bits per heavy atom. The van der Waals surface area contributed by atoms with Gasteiger partial charge in [-0.2, -0.15) is 0 Å². The number of halogens is 2. The molecule has 6 aromatic rings. The number of carbonyl (C=O) groups is 1. The molecule has 1 N–H and O–H groups in total. The van der Waals surface area contributed by atoms with Crippen molar-refractivity contribution in [1.82, 2.24) is 34.3 Å². The van der Waals surface area contributed by atoms with Crippen LogP contribution in [0.3, 0.4) is 0 Å². The maximum atomic E-state index is 15.6. The molecule has 48 heavy (non-hydrogen) atoms. The first kappa shape index (κ1) is 29.8. The highest BCUT2D eigenvalue weighted by Crippen LogP contribution is 2.37. The highest BCUT2D eigenvalue weighted by Gasteiger charge is 2.28. The molecule has 0 radical (unpaired) electrons. The van der Waals surface area contributed by atoms with Gasteiger partial charge in [-0.05, 0) is 67.3 Å². The predicted molar refractivity (Wildman–Crippen MR) is 169 cm³/mol. The molecule has 5 heterocycles. The molecule has 1 aliphatic carbocycles. The first-order valence-electron chi connectivity index (χ1n) is 15.7. The molecule has 8 rings (SSSR count). The highest BCUT2D eigenvalue weighted by atomic mass is 19.1. The summed E-state index contributed by atoms with van der Waals surface area (Å²) < 4.78 is 46.1. The van der Waals surface area contributed by atoms with E-state index in [0.29, 0.717) is 41.7 Å². The first-order chi connectivity index (χ1) is 23.4. The molecule has 13 heteroatoms. The lowest BCUT2D eigenvalue weighted by atomic mass is 10.0. The third-order valence-electron chi connectivity index (χ3n) is 8.62. The van der Waals surface area contributed by atoms with Crippen LogP contribution in [0.15, 0.2) is 73.2 Å². The van der Waals surface area contributed by atoms with E-state index in [4.69, 9.17) is 9.47 Å². The van der Waals surface area contributed by atoms with Crippen molar-refractivity contribution in [1.29, 1.82) is 0 Å². The molecule has 1 atom stereocenters. The molecule has 11 nitrogen and oxygen atoms in total. The minimum atomic E-state index is -1.06. The van der Waals surface area contributed by atoms with Crippen LogP contribution in [0.4, 0.5) is 8.78 Å². The number of aromatic nitrogens is 7. The minimum absolute atomic E-state index is 0.00513. The standard InChI is InChI=1S/C35H29F2N7O4/c36-26-15-25(27(37)12-23(26)14-32-40-29-8-7-22(35(45)46)13-30(29)43(32)17-24-10-11-47-24)28-2-1-3-33(41-28)48-18-20-4-9-31(38-16-20)44-19-39-34(42-44)21-5-6-21/h1-4,7-9,12-13,15-16,19,21,24H,5-6,10-11,14,17-18H2,(H,45,46)/t24-/m0/s1. The van der Waals surface area contributed by atoms with Gasteiger partial charge in [0.1, 0.15) is 30.4 Å². The monoisotopic (exact) mass is 649 g/mol. The summed E-state index contributed by atoms with van der Waals surface area (Å²) in [4.78, 5) is 29.5. The number of carboxylic acids is 1. The first-order valence-corrected chi connectivity index (χ1v) is 15.7. The summed E-state index contributed by atoms with van der Waals surface area (Å²) in [6, 6.07) is 15.5. The molecule has 1 saturated heterocycles. The van der Waals surface area contributed by atoms with Crippen LogP contribution in [0, 0.1) is 11.6 Å². The number of imidazole rings is 1. The number of ether oxygens (including phenoxy) is 2. The van der Waals surface area contributed by atoms with Gasteiger partial charge in [0, 0.05) is 42.3 Å². The second kappa shape index (κ2) is 12.2. The van der Waals surface area contributed by atoms with Crippen molar-refractivity contribution in [3.05, 3.63) is 113 Å². The van der Waals surface area contributed by atoms with Crippen molar-refractivity contribution >= 4 is 17.0 Å². The van der Waals surface area contributed by atoms with Gasteiger partial charge in [-0.1, -0.05) is 12.1 Å². The molecule has 0 bridgehead atoms. The van der Waals surface area contributed by atoms with Gasteiger partial charge in [0.15, 0.2) is 11.6 Å². The molecule has 242 valence electrons. The number of carboxylic acid groups (broad SMARTS) is 1. The summed E-state index contributed by atoms with van der Waals surface area (Å²) in [6.07, 6.45) is 6.37. The van der Waals surface area contributed by atoms with Gasteiger partial charge < -0.3 is 19.1 Å². The fraction of sp³-hybridized carbons (Fsp3) is 0.257. The number of hydrogen-bond acceptors (Lipinski definition) is 8. The highest BCUT2D eigenvalue weighted by molar-refractivity contribution is 5.92. The second-order valence-corrected chi connectivity index (χ2v) is 12.0. The smallest absolute Gasteiger partial charge is 0.335 e. The third-order valence-corrected chi connectivity index (χ3v) is 8.62. The number of nitrogens with zero attached hydrogens (tertiary/aromatic N) is 7. The lowest BCUT2D eigenvalue weighted by molar-refractivity contribution is -0.0589. The van der Waals surface area contributed by atoms with Gasteiger partial charge in [-0.25, -0.2) is 38.2 Å². The van der Waals surface area contributed by atoms with Gasteiger partial charge >= 0.3 is 5.97 Å². The number of pyridine rings is 2. The normalized spacial score (nSPS) is 15.8. The molecule has 1 aliphatic heterocycles. The molecular weight excluding hydrogens is 620 g/mol. The van der Waals surface area contributed by atoms with E-state index in [2.05, 4.69) is 25.0 Å². The molecule has 2 aliphatic rings. The van der Waals surface area contributed by atoms with Crippen LogP contribution < -0.4 is 4.74 Å². The van der Waals surface area contributed by atoms with Crippen LogP contribution in [-0.2, 0) is 24.3 Å². The van der Waals surface area contributed by atoms with Crippen molar-refractivity contribution in [2.24, 2.45) is 0 Å². The maximum Gasteiger partial charge on any atom is 0.335 e. The molecule has 1 saturated carbocycles. The maximum absolute atomic E-state index is 15.6. The Balaban J connectivity index is 0.989. The molecule has 0 spiro atoms. The van der Waals surface area contributed by atoms with E-state index in [-0.39, 0.29) is 47.4 Å². The van der Waals surface area contributed by atoms with Crippen LogP contribution in [0.2, 0.25) is 0 Å². The van der Waals surface area contributed by atoms with Crippen LogP contribution in [0.5, 0.6) is 5.88 Å². The largest absolute Gasteiger partial charge is 0.478 e.